The van der Waals surface area contributed by atoms with E-state index in [-0.39, 0.29) is 40.4 Å². The molecule has 0 aliphatic rings. The molecule has 2 atom stereocenters. The van der Waals surface area contributed by atoms with Crippen LogP contribution in [-0.4, -0.2) is 24.3 Å². The zero-order valence-corrected chi connectivity index (χ0v) is 29.4. The molecule has 0 aliphatic carbocycles. The van der Waals surface area contributed by atoms with Gasteiger partial charge in [-0.3, -0.25) is 0 Å². The van der Waals surface area contributed by atoms with Gasteiger partial charge in [-0.1, -0.05) is 147 Å². The fraction of sp³-hybridized carbons (Fsp3) is 0.167. The van der Waals surface area contributed by atoms with Crippen LogP contribution in [0.15, 0.2) is 150 Å². The fourth-order valence-electron chi connectivity index (χ4n) is 5.78. The van der Waals surface area contributed by atoms with Gasteiger partial charge in [0.2, 0.25) is 0 Å². The number of hydrogen-bond acceptors (Lipinski definition) is 3. The van der Waals surface area contributed by atoms with E-state index in [4.69, 9.17) is 0 Å². The first kappa shape index (κ1) is 33.8. The van der Waals surface area contributed by atoms with Gasteiger partial charge in [0.25, 0.3) is 0 Å². The Morgan fingerprint density at radius 2 is 0.837 bits per heavy atom. The minimum atomic E-state index is -4.50. The standard InChI is InChI=1S/C36H36O3P2S.Na/c1-28(40(31-15-7-3-8-16-31)32-17-9-4-10-18-32)36(27-30-23-25-35(26-24-30)42(37,38)39)29(2)41(33-19-11-5-12-20-33)34-21-13-6-14-22-34;/h3-26,28-29,36H,27H2,1-2H3,(H,37,38,39);/q;+1/p-1/t28-,29-;/m1./s1. The van der Waals surface area contributed by atoms with Crippen molar-refractivity contribution >= 4 is 47.2 Å². The maximum atomic E-state index is 11.6. The van der Waals surface area contributed by atoms with Gasteiger partial charge in [0.05, 0.1) is 4.90 Å². The molecule has 0 spiro atoms. The molecule has 0 N–H and O–H groups in total. The fourth-order valence-corrected chi connectivity index (χ4v) is 12.3. The number of hydrogen-bond donors (Lipinski definition) is 0. The summed E-state index contributed by atoms with van der Waals surface area (Å²) in [6.45, 7) is 4.79. The monoisotopic (exact) mass is 632 g/mol. The van der Waals surface area contributed by atoms with Crippen LogP contribution in [0.1, 0.15) is 19.4 Å². The molecule has 7 heteroatoms. The SMILES string of the molecule is C[C@H](C(Cc1ccc(S(=O)(=O)[O-])cc1)[C@@H](C)P(c1ccccc1)c1ccccc1)P(c1ccccc1)c1ccccc1.[Na+]. The summed E-state index contributed by atoms with van der Waals surface area (Å²) in [4.78, 5) is -0.185. The van der Waals surface area contributed by atoms with Crippen molar-refractivity contribution in [3.8, 4) is 0 Å². The van der Waals surface area contributed by atoms with Crippen LogP contribution in [0.25, 0.3) is 0 Å². The molecule has 0 unspecified atom stereocenters. The van der Waals surface area contributed by atoms with Gasteiger partial charge in [0.1, 0.15) is 10.1 Å². The van der Waals surface area contributed by atoms with E-state index in [0.29, 0.717) is 11.3 Å². The van der Waals surface area contributed by atoms with E-state index >= 15 is 0 Å². The quantitative estimate of drug-likeness (QED) is 0.127. The molecular formula is C36H35NaO3P2S. The van der Waals surface area contributed by atoms with Crippen molar-refractivity contribution in [3.05, 3.63) is 151 Å². The molecule has 0 fully saturated rings. The normalized spacial score (nSPS) is 13.1. The van der Waals surface area contributed by atoms with Crippen molar-refractivity contribution in [2.45, 2.75) is 36.5 Å². The van der Waals surface area contributed by atoms with Gasteiger partial charge in [-0.25, -0.2) is 8.42 Å². The summed E-state index contributed by atoms with van der Waals surface area (Å²) in [6.07, 6.45) is 0.776. The van der Waals surface area contributed by atoms with Crippen molar-refractivity contribution < 1.29 is 42.5 Å². The third-order valence-corrected chi connectivity index (χ3v) is 14.5. The van der Waals surface area contributed by atoms with Gasteiger partial charge in [-0.2, -0.15) is 0 Å². The van der Waals surface area contributed by atoms with E-state index in [1.165, 1.54) is 33.4 Å². The van der Waals surface area contributed by atoms with Crippen LogP contribution >= 0.6 is 15.8 Å². The van der Waals surface area contributed by atoms with E-state index in [1.54, 1.807) is 0 Å². The van der Waals surface area contributed by atoms with Crippen LogP contribution in [0.5, 0.6) is 0 Å². The van der Waals surface area contributed by atoms with Gasteiger partial charge in [0, 0.05) is 0 Å². The second-order valence-corrected chi connectivity index (χ2v) is 17.1. The second kappa shape index (κ2) is 15.7. The molecule has 0 heterocycles. The van der Waals surface area contributed by atoms with Crippen LogP contribution in [0, 0.1) is 5.92 Å². The molecule has 0 radical (unpaired) electrons. The summed E-state index contributed by atoms with van der Waals surface area (Å²) >= 11 is 0. The van der Waals surface area contributed by atoms with E-state index in [2.05, 4.69) is 135 Å². The van der Waals surface area contributed by atoms with Gasteiger partial charge >= 0.3 is 29.6 Å². The van der Waals surface area contributed by atoms with Crippen molar-refractivity contribution in [2.75, 3.05) is 0 Å². The van der Waals surface area contributed by atoms with Crippen LogP contribution < -0.4 is 50.8 Å². The second-order valence-electron chi connectivity index (χ2n) is 10.5. The van der Waals surface area contributed by atoms with Crippen LogP contribution in [0.4, 0.5) is 0 Å². The van der Waals surface area contributed by atoms with Crippen LogP contribution in [0.2, 0.25) is 0 Å². The number of rotatable bonds is 11. The summed E-state index contributed by atoms with van der Waals surface area (Å²) in [5.41, 5.74) is 1.65. The third kappa shape index (κ3) is 8.53. The average molecular weight is 633 g/mol. The molecular weight excluding hydrogens is 597 g/mol. The zero-order chi connectivity index (χ0) is 29.5. The van der Waals surface area contributed by atoms with Crippen LogP contribution in [0.3, 0.4) is 0 Å². The van der Waals surface area contributed by atoms with Gasteiger partial charge in [-0.15, -0.1) is 0 Å². The molecule has 0 amide bonds. The minimum Gasteiger partial charge on any atom is -0.744 e. The van der Waals surface area contributed by atoms with Crippen molar-refractivity contribution in [2.24, 2.45) is 5.92 Å². The Kier molecular flexibility index (Phi) is 12.4. The first-order valence-corrected chi connectivity index (χ1v) is 18.4. The summed E-state index contributed by atoms with van der Waals surface area (Å²) < 4.78 is 34.9. The summed E-state index contributed by atoms with van der Waals surface area (Å²) in [5, 5.41) is 5.39. The Morgan fingerprint density at radius 3 is 1.12 bits per heavy atom. The zero-order valence-electron chi connectivity index (χ0n) is 24.8. The Hall–Kier alpha value is -2.13. The molecule has 5 aromatic rings. The molecule has 0 saturated carbocycles. The van der Waals surface area contributed by atoms with E-state index in [0.717, 1.165) is 12.0 Å². The van der Waals surface area contributed by atoms with E-state index in [9.17, 15) is 13.0 Å². The number of benzene rings is 5. The van der Waals surface area contributed by atoms with Crippen LogP contribution in [-0.2, 0) is 16.5 Å². The Bertz CT molecular complexity index is 1490. The average Bonchev–Trinajstić information content (AvgIpc) is 3.02. The molecule has 5 aromatic carbocycles. The predicted molar refractivity (Wildman–Crippen MR) is 179 cm³/mol. The predicted octanol–water partition coefficient (Wildman–Crippen LogP) is 3.80. The largest absolute Gasteiger partial charge is 1.00 e. The van der Waals surface area contributed by atoms with Crippen molar-refractivity contribution in [1.82, 2.24) is 0 Å². The summed E-state index contributed by atoms with van der Waals surface area (Å²) in [6, 6.07) is 49.9. The molecule has 5 rings (SSSR count). The van der Waals surface area contributed by atoms with Gasteiger partial charge in [0.15, 0.2) is 0 Å². The smallest absolute Gasteiger partial charge is 0.744 e. The van der Waals surface area contributed by atoms with Crippen molar-refractivity contribution in [1.29, 1.82) is 0 Å². The van der Waals surface area contributed by atoms with Crippen molar-refractivity contribution in [3.63, 3.8) is 0 Å². The van der Waals surface area contributed by atoms with E-state index in [1.807, 2.05) is 12.1 Å². The maximum Gasteiger partial charge on any atom is 1.00 e. The first-order chi connectivity index (χ1) is 20.3. The van der Waals surface area contributed by atoms with Gasteiger partial charge < -0.3 is 4.55 Å². The summed E-state index contributed by atoms with van der Waals surface area (Å²) in [7, 11) is -5.90. The molecule has 214 valence electrons. The molecule has 0 bridgehead atoms. The van der Waals surface area contributed by atoms with Gasteiger partial charge in [-0.05, 0) is 78.4 Å². The Labute approximate surface area is 281 Å². The minimum absolute atomic E-state index is 0. The third-order valence-electron chi connectivity index (χ3n) is 7.87. The molecule has 0 aromatic heterocycles. The molecule has 0 saturated heterocycles. The Balaban J connectivity index is 0.00000423. The Morgan fingerprint density at radius 1 is 0.535 bits per heavy atom. The molecule has 0 aliphatic heterocycles. The first-order valence-electron chi connectivity index (χ1n) is 14.2. The maximum absolute atomic E-state index is 11.6. The molecule has 43 heavy (non-hydrogen) atoms. The molecule has 3 nitrogen and oxygen atoms in total. The van der Waals surface area contributed by atoms with E-state index < -0.39 is 26.0 Å². The summed E-state index contributed by atoms with van der Waals surface area (Å²) in [5.74, 6) is 0.262. The topological polar surface area (TPSA) is 57.2 Å².